The molecule has 1 N–H and O–H groups in total. The van der Waals surface area contributed by atoms with Gasteiger partial charge in [-0.05, 0) is 48.8 Å². The minimum atomic E-state index is -0.799. The van der Waals surface area contributed by atoms with E-state index >= 15 is 0 Å². The summed E-state index contributed by atoms with van der Waals surface area (Å²) in [5.74, 6) is -2.14. The van der Waals surface area contributed by atoms with Gasteiger partial charge in [-0.25, -0.2) is 13.6 Å². The predicted octanol–water partition coefficient (Wildman–Crippen LogP) is 3.08. The topological polar surface area (TPSA) is 58.6 Å². The Morgan fingerprint density at radius 1 is 1.26 bits per heavy atom. The fourth-order valence-electron chi connectivity index (χ4n) is 2.09. The summed E-state index contributed by atoms with van der Waals surface area (Å²) in [5, 5.41) is 2.62. The van der Waals surface area contributed by atoms with Crippen molar-refractivity contribution in [3.8, 4) is 0 Å². The highest BCUT2D eigenvalue weighted by Gasteiger charge is 2.35. The second-order valence-corrected chi connectivity index (χ2v) is 7.06. The van der Waals surface area contributed by atoms with Crippen LogP contribution in [0.15, 0.2) is 16.6 Å². The maximum atomic E-state index is 13.8. The van der Waals surface area contributed by atoms with E-state index in [1.54, 1.807) is 20.8 Å². The van der Waals surface area contributed by atoms with Gasteiger partial charge in [-0.1, -0.05) is 0 Å². The van der Waals surface area contributed by atoms with Crippen molar-refractivity contribution in [2.75, 3.05) is 13.1 Å². The lowest BCUT2D eigenvalue weighted by Gasteiger charge is -2.39. The molecule has 0 radical (unpaired) electrons. The molecule has 0 spiro atoms. The van der Waals surface area contributed by atoms with Gasteiger partial charge in [-0.15, -0.1) is 0 Å². The zero-order valence-electron chi connectivity index (χ0n) is 13.0. The van der Waals surface area contributed by atoms with Crippen LogP contribution in [0.5, 0.6) is 0 Å². The van der Waals surface area contributed by atoms with Gasteiger partial charge in [0.15, 0.2) is 0 Å². The molecule has 2 rings (SSSR count). The molecule has 1 fully saturated rings. The summed E-state index contributed by atoms with van der Waals surface area (Å²) in [7, 11) is 0. The highest BCUT2D eigenvalue weighted by molar-refractivity contribution is 9.10. The second kappa shape index (κ2) is 6.43. The number of hydrogen-bond donors (Lipinski definition) is 1. The third-order valence-corrected chi connectivity index (χ3v) is 3.92. The highest BCUT2D eigenvalue weighted by atomic mass is 79.9. The first kappa shape index (κ1) is 17.7. The van der Waals surface area contributed by atoms with Gasteiger partial charge in [0.05, 0.1) is 16.1 Å². The first-order valence-electron chi connectivity index (χ1n) is 7.01. The van der Waals surface area contributed by atoms with E-state index in [0.717, 1.165) is 12.1 Å². The average molecular weight is 391 g/mol. The third kappa shape index (κ3) is 4.19. The van der Waals surface area contributed by atoms with Crippen molar-refractivity contribution < 1.29 is 23.1 Å². The molecule has 1 aliphatic rings. The lowest BCUT2D eigenvalue weighted by atomic mass is 10.1. The minimum absolute atomic E-state index is 0.203. The summed E-state index contributed by atoms with van der Waals surface area (Å²) in [5.41, 5.74) is -0.959. The maximum absolute atomic E-state index is 13.8. The van der Waals surface area contributed by atoms with Gasteiger partial charge in [0.25, 0.3) is 5.91 Å². The SMILES string of the molecule is CC(C)(C)OC(=O)NC1CN(C(=O)c2c(F)ccc(F)c2Br)C1. The number of hydrogen-bond acceptors (Lipinski definition) is 3. The van der Waals surface area contributed by atoms with Crippen LogP contribution in [0.3, 0.4) is 0 Å². The van der Waals surface area contributed by atoms with E-state index in [-0.39, 0.29) is 29.2 Å². The van der Waals surface area contributed by atoms with Gasteiger partial charge in [-0.2, -0.15) is 0 Å². The summed E-state index contributed by atoms with van der Waals surface area (Å²) in [6.07, 6.45) is -0.576. The Morgan fingerprint density at radius 2 is 1.83 bits per heavy atom. The Kier molecular flexibility index (Phi) is 4.93. The molecule has 0 aliphatic carbocycles. The Labute approximate surface area is 141 Å². The van der Waals surface area contributed by atoms with E-state index in [1.807, 2.05) is 0 Å². The number of benzene rings is 1. The number of nitrogens with one attached hydrogen (secondary N) is 1. The van der Waals surface area contributed by atoms with Crippen LogP contribution >= 0.6 is 15.9 Å². The van der Waals surface area contributed by atoms with Crippen molar-refractivity contribution in [3.05, 3.63) is 33.8 Å². The number of ether oxygens (including phenoxy) is 1. The number of likely N-dealkylation sites (tertiary alicyclic amines) is 1. The van der Waals surface area contributed by atoms with E-state index in [0.29, 0.717) is 0 Å². The van der Waals surface area contributed by atoms with E-state index in [9.17, 15) is 18.4 Å². The number of rotatable bonds is 2. The normalized spacial score (nSPS) is 15.1. The molecule has 126 valence electrons. The van der Waals surface area contributed by atoms with Crippen LogP contribution < -0.4 is 5.32 Å². The summed E-state index contributed by atoms with van der Waals surface area (Å²) >= 11 is 2.89. The fourth-order valence-corrected chi connectivity index (χ4v) is 2.58. The molecule has 0 bridgehead atoms. The van der Waals surface area contributed by atoms with Gasteiger partial charge in [0.1, 0.15) is 17.2 Å². The molecule has 1 aromatic carbocycles. The quantitative estimate of drug-likeness (QED) is 0.789. The van der Waals surface area contributed by atoms with E-state index in [4.69, 9.17) is 4.74 Å². The number of alkyl carbamates (subject to hydrolysis) is 1. The number of nitrogens with zero attached hydrogens (tertiary/aromatic N) is 1. The second-order valence-electron chi connectivity index (χ2n) is 6.27. The van der Waals surface area contributed by atoms with E-state index < -0.39 is 29.2 Å². The van der Waals surface area contributed by atoms with Crippen molar-refractivity contribution in [1.82, 2.24) is 10.2 Å². The van der Waals surface area contributed by atoms with Crippen molar-refractivity contribution in [3.63, 3.8) is 0 Å². The van der Waals surface area contributed by atoms with Crippen LogP contribution in [0.25, 0.3) is 0 Å². The number of carbonyl (C=O) groups excluding carboxylic acids is 2. The van der Waals surface area contributed by atoms with Gasteiger partial charge >= 0.3 is 6.09 Å². The maximum Gasteiger partial charge on any atom is 0.407 e. The fraction of sp³-hybridized carbons (Fsp3) is 0.467. The standard InChI is InChI=1S/C15H17BrF2N2O3/c1-15(2,3)23-14(22)19-8-6-20(7-8)13(21)11-9(17)4-5-10(18)12(11)16/h4-5,8H,6-7H2,1-3H3,(H,19,22). The Morgan fingerprint density at radius 3 is 2.39 bits per heavy atom. The van der Waals surface area contributed by atoms with Gasteiger partial charge in [-0.3, -0.25) is 4.79 Å². The molecule has 1 heterocycles. The summed E-state index contributed by atoms with van der Waals surface area (Å²) in [6, 6.07) is 1.58. The molecule has 0 atom stereocenters. The third-order valence-electron chi connectivity index (χ3n) is 3.15. The molecule has 8 heteroatoms. The highest BCUT2D eigenvalue weighted by Crippen LogP contribution is 2.26. The van der Waals surface area contributed by atoms with E-state index in [1.165, 1.54) is 4.90 Å². The van der Waals surface area contributed by atoms with Crippen LogP contribution in [0.1, 0.15) is 31.1 Å². The molecule has 0 aromatic heterocycles. The molecule has 23 heavy (non-hydrogen) atoms. The number of carbonyl (C=O) groups is 2. The number of amides is 2. The van der Waals surface area contributed by atoms with Crippen molar-refractivity contribution in [2.45, 2.75) is 32.4 Å². The van der Waals surface area contributed by atoms with Crippen molar-refractivity contribution >= 4 is 27.9 Å². The van der Waals surface area contributed by atoms with Gasteiger partial charge in [0.2, 0.25) is 0 Å². The molecule has 1 saturated heterocycles. The predicted molar refractivity (Wildman–Crippen MR) is 83.1 cm³/mol. The molecule has 0 saturated carbocycles. The smallest absolute Gasteiger partial charge is 0.407 e. The van der Waals surface area contributed by atoms with Crippen LogP contribution in [0, 0.1) is 11.6 Å². The molecule has 2 amide bonds. The molecule has 1 aliphatic heterocycles. The monoisotopic (exact) mass is 390 g/mol. The Balaban J connectivity index is 1.94. The zero-order chi connectivity index (χ0) is 17.4. The van der Waals surface area contributed by atoms with Crippen LogP contribution in [0.2, 0.25) is 0 Å². The summed E-state index contributed by atoms with van der Waals surface area (Å²) in [4.78, 5) is 25.2. The van der Waals surface area contributed by atoms with E-state index in [2.05, 4.69) is 21.2 Å². The zero-order valence-corrected chi connectivity index (χ0v) is 14.5. The first-order chi connectivity index (χ1) is 10.6. The molecule has 5 nitrogen and oxygen atoms in total. The molecular weight excluding hydrogens is 374 g/mol. The molecule has 0 unspecified atom stereocenters. The van der Waals surface area contributed by atoms with Crippen molar-refractivity contribution in [1.29, 1.82) is 0 Å². The Hall–Kier alpha value is -1.70. The molecular formula is C15H17BrF2N2O3. The number of halogens is 3. The minimum Gasteiger partial charge on any atom is -0.444 e. The summed E-state index contributed by atoms with van der Waals surface area (Å²) in [6.45, 7) is 5.65. The van der Waals surface area contributed by atoms with Gasteiger partial charge in [0, 0.05) is 13.1 Å². The summed E-state index contributed by atoms with van der Waals surface area (Å²) < 4.78 is 32.1. The van der Waals surface area contributed by atoms with Crippen LogP contribution in [-0.2, 0) is 4.74 Å². The largest absolute Gasteiger partial charge is 0.444 e. The lowest BCUT2D eigenvalue weighted by Crippen LogP contribution is -2.61. The van der Waals surface area contributed by atoms with Crippen LogP contribution in [0.4, 0.5) is 13.6 Å². The van der Waals surface area contributed by atoms with Crippen molar-refractivity contribution in [2.24, 2.45) is 0 Å². The lowest BCUT2D eigenvalue weighted by molar-refractivity contribution is 0.0356. The molecule has 1 aromatic rings. The van der Waals surface area contributed by atoms with Crippen LogP contribution in [-0.4, -0.2) is 41.6 Å². The van der Waals surface area contributed by atoms with Gasteiger partial charge < -0.3 is 15.0 Å². The first-order valence-corrected chi connectivity index (χ1v) is 7.80. The average Bonchev–Trinajstić information content (AvgIpc) is 2.36. The Bertz CT molecular complexity index is 640.